The standard InChI is InChI=1S/C4H6F4N4OS/c5-1-2-11-9-3-12(10-11)14(13)4(6,7)8/h3,10H,1-2H2. The van der Waals surface area contributed by atoms with Gasteiger partial charge in [-0.05, 0) is 0 Å². The van der Waals surface area contributed by atoms with E-state index in [2.05, 4.69) is 5.10 Å². The third-order valence-electron chi connectivity index (χ3n) is 1.18. The molecule has 1 unspecified atom stereocenters. The molecule has 0 radical (unpaired) electrons. The summed E-state index contributed by atoms with van der Waals surface area (Å²) in [5.41, 5.74) is -2.89. The number of nitrogens with zero attached hydrogens (tertiary/aromatic N) is 3. The van der Waals surface area contributed by atoms with Crippen LogP contribution in [-0.2, 0) is 11.4 Å². The maximum atomic E-state index is 11.9. The Morgan fingerprint density at radius 3 is 2.64 bits per heavy atom. The summed E-state index contributed by atoms with van der Waals surface area (Å²) in [5.74, 6) is 0. The Hall–Kier alpha value is -0.740. The summed E-state index contributed by atoms with van der Waals surface area (Å²) in [5, 5.41) is 4.14. The fraction of sp³-hybridized carbons (Fsp3) is 0.750. The first kappa shape index (κ1) is 11.3. The molecule has 0 fully saturated rings. The Kier molecular flexibility index (Phi) is 3.39. The van der Waals surface area contributed by atoms with Crippen molar-refractivity contribution >= 4 is 17.7 Å². The van der Waals surface area contributed by atoms with E-state index in [0.29, 0.717) is 6.34 Å². The molecule has 0 saturated carbocycles. The Morgan fingerprint density at radius 2 is 2.14 bits per heavy atom. The van der Waals surface area contributed by atoms with Gasteiger partial charge in [0.25, 0.3) is 0 Å². The summed E-state index contributed by atoms with van der Waals surface area (Å²) >= 11 is -3.23. The van der Waals surface area contributed by atoms with Crippen LogP contribution in [-0.4, -0.2) is 39.2 Å². The molecule has 1 N–H and O–H groups in total. The molecule has 0 aromatic rings. The summed E-state index contributed by atoms with van der Waals surface area (Å²) < 4.78 is 58.3. The monoisotopic (exact) mass is 234 g/mol. The van der Waals surface area contributed by atoms with E-state index in [9.17, 15) is 22.1 Å². The molecule has 0 aromatic carbocycles. The number of nitrogens with one attached hydrogen (secondary N) is 1. The fourth-order valence-electron chi connectivity index (χ4n) is 0.654. The predicted molar refractivity (Wildman–Crippen MR) is 40.3 cm³/mol. The molecule has 0 saturated heterocycles. The van der Waals surface area contributed by atoms with Crippen LogP contribution in [0.25, 0.3) is 0 Å². The predicted octanol–water partition coefficient (Wildman–Crippen LogP) is 0.120. The van der Waals surface area contributed by atoms with Crippen molar-refractivity contribution in [2.45, 2.75) is 5.51 Å². The topological polar surface area (TPSA) is 53.9 Å². The zero-order valence-electron chi connectivity index (χ0n) is 6.66. The van der Waals surface area contributed by atoms with E-state index in [-0.39, 0.29) is 11.0 Å². The zero-order valence-corrected chi connectivity index (χ0v) is 7.48. The second kappa shape index (κ2) is 4.19. The van der Waals surface area contributed by atoms with Crippen LogP contribution < -0.4 is 5.53 Å². The molecule has 14 heavy (non-hydrogen) atoms. The summed E-state index contributed by atoms with van der Waals surface area (Å²) in [7, 11) is 0. The Balaban J connectivity index is 2.47. The first-order valence-electron chi connectivity index (χ1n) is 3.37. The molecule has 1 rings (SSSR count). The van der Waals surface area contributed by atoms with Gasteiger partial charge in [-0.3, -0.25) is 0 Å². The number of hydrogen-bond donors (Lipinski definition) is 1. The van der Waals surface area contributed by atoms with Crippen LogP contribution >= 0.6 is 0 Å². The molecule has 1 aliphatic rings. The quantitative estimate of drug-likeness (QED) is 0.556. The van der Waals surface area contributed by atoms with Gasteiger partial charge in [-0.1, -0.05) is 9.95 Å². The first-order chi connectivity index (χ1) is 6.45. The molecule has 5 nitrogen and oxygen atoms in total. The van der Waals surface area contributed by atoms with Gasteiger partial charge in [0.1, 0.15) is 6.67 Å². The van der Waals surface area contributed by atoms with E-state index in [0.717, 1.165) is 5.12 Å². The van der Waals surface area contributed by atoms with Crippen molar-refractivity contribution in [2.75, 3.05) is 13.2 Å². The van der Waals surface area contributed by atoms with Crippen molar-refractivity contribution in [1.82, 2.24) is 15.1 Å². The number of hydrogen-bond acceptors (Lipinski definition) is 5. The van der Waals surface area contributed by atoms with Crippen molar-refractivity contribution in [2.24, 2.45) is 5.10 Å². The van der Waals surface area contributed by atoms with Crippen LogP contribution in [0.5, 0.6) is 0 Å². The highest BCUT2D eigenvalue weighted by Gasteiger charge is 2.51. The lowest BCUT2D eigenvalue weighted by atomic mass is 10.7. The molecule has 10 heteroatoms. The largest absolute Gasteiger partial charge is 0.600 e. The molecule has 1 atom stereocenters. The lowest BCUT2D eigenvalue weighted by Crippen LogP contribution is -2.49. The minimum Gasteiger partial charge on any atom is -0.584 e. The second-order valence-electron chi connectivity index (χ2n) is 2.16. The average Bonchev–Trinajstić information content (AvgIpc) is 2.50. The van der Waals surface area contributed by atoms with Crippen LogP contribution in [0.1, 0.15) is 0 Å². The van der Waals surface area contributed by atoms with E-state index in [1.807, 2.05) is 5.53 Å². The van der Waals surface area contributed by atoms with Crippen molar-refractivity contribution in [1.29, 1.82) is 0 Å². The lowest BCUT2D eigenvalue weighted by molar-refractivity contribution is -0.0495. The highest BCUT2D eigenvalue weighted by atomic mass is 32.2. The number of hydrazone groups is 1. The minimum atomic E-state index is -4.87. The number of halogens is 4. The molecule has 0 amide bonds. The maximum absolute atomic E-state index is 11.9. The number of alkyl halides is 4. The van der Waals surface area contributed by atoms with Gasteiger partial charge < -0.3 is 4.55 Å². The van der Waals surface area contributed by atoms with Gasteiger partial charge in [-0.25, -0.2) is 9.51 Å². The fourth-order valence-corrected chi connectivity index (χ4v) is 1.17. The van der Waals surface area contributed by atoms with Gasteiger partial charge in [0.05, 0.1) is 6.54 Å². The first-order valence-corrected chi connectivity index (χ1v) is 4.47. The third kappa shape index (κ3) is 2.62. The third-order valence-corrected chi connectivity index (χ3v) is 2.11. The molecule has 0 spiro atoms. The van der Waals surface area contributed by atoms with Crippen molar-refractivity contribution in [3.05, 3.63) is 0 Å². The maximum Gasteiger partial charge on any atom is 0.600 e. The summed E-state index contributed by atoms with van der Waals surface area (Å²) in [4.78, 5) is 0. The summed E-state index contributed by atoms with van der Waals surface area (Å²) in [6.07, 6.45) is 0.680. The van der Waals surface area contributed by atoms with Gasteiger partial charge >= 0.3 is 5.51 Å². The van der Waals surface area contributed by atoms with E-state index in [1.54, 1.807) is 0 Å². The van der Waals surface area contributed by atoms with Crippen molar-refractivity contribution in [3.8, 4) is 0 Å². The van der Waals surface area contributed by atoms with Crippen LogP contribution in [0.3, 0.4) is 0 Å². The van der Waals surface area contributed by atoms with E-state index >= 15 is 0 Å². The van der Waals surface area contributed by atoms with Gasteiger partial charge in [-0.2, -0.15) is 0 Å². The summed E-state index contributed by atoms with van der Waals surface area (Å²) in [6.45, 7) is -1.00. The smallest absolute Gasteiger partial charge is 0.584 e. The molecule has 82 valence electrons. The second-order valence-corrected chi connectivity index (χ2v) is 3.52. The lowest BCUT2D eigenvalue weighted by Gasteiger charge is -2.20. The highest BCUT2D eigenvalue weighted by molar-refractivity contribution is 7.90. The van der Waals surface area contributed by atoms with Crippen molar-refractivity contribution in [3.63, 3.8) is 0 Å². The Morgan fingerprint density at radius 1 is 1.50 bits per heavy atom. The van der Waals surface area contributed by atoms with Gasteiger partial charge in [-0.15, -0.1) is 18.3 Å². The molecule has 0 bridgehead atoms. The molecule has 1 heterocycles. The molecule has 0 aromatic heterocycles. The van der Waals surface area contributed by atoms with Gasteiger partial charge in [0, 0.05) is 0 Å². The van der Waals surface area contributed by atoms with Crippen LogP contribution in [0.2, 0.25) is 0 Å². The van der Waals surface area contributed by atoms with Crippen molar-refractivity contribution < 1.29 is 22.1 Å². The van der Waals surface area contributed by atoms with Crippen LogP contribution in [0, 0.1) is 0 Å². The molecule has 1 aliphatic heterocycles. The molecular formula is C4H6F4N4OS. The SMILES string of the molecule is [O-][S+](N1C=NN(CCF)N1)C(F)(F)F. The normalized spacial score (nSPS) is 19.2. The zero-order chi connectivity index (χ0) is 10.8. The van der Waals surface area contributed by atoms with Gasteiger partial charge in [0.2, 0.25) is 11.4 Å². The number of rotatable bonds is 3. The molecule has 0 aliphatic carbocycles. The average molecular weight is 234 g/mol. The summed E-state index contributed by atoms with van der Waals surface area (Å²) in [6, 6.07) is 0. The number of hydrazine groups is 2. The Bertz CT molecular complexity index is 224. The van der Waals surface area contributed by atoms with Crippen LogP contribution in [0.15, 0.2) is 5.10 Å². The minimum absolute atomic E-state index is 0.220. The van der Waals surface area contributed by atoms with E-state index in [1.165, 1.54) is 0 Å². The Labute approximate surface area is 79.6 Å². The van der Waals surface area contributed by atoms with Gasteiger partial charge in [0.15, 0.2) is 6.34 Å². The van der Waals surface area contributed by atoms with E-state index in [4.69, 9.17) is 0 Å². The van der Waals surface area contributed by atoms with Crippen LogP contribution in [0.4, 0.5) is 17.6 Å². The van der Waals surface area contributed by atoms with E-state index < -0.39 is 23.5 Å². The highest BCUT2D eigenvalue weighted by Crippen LogP contribution is 2.25. The molecular weight excluding hydrogens is 228 g/mol.